The van der Waals surface area contributed by atoms with Crippen LogP contribution in [0, 0.1) is 0 Å². The van der Waals surface area contributed by atoms with Gasteiger partial charge >= 0.3 is 12.1 Å². The van der Waals surface area contributed by atoms with Crippen molar-refractivity contribution >= 4 is 23.3 Å². The standard InChI is InChI=1S/C15H15F3N2O2S/c1-3-22-13(21)11-8(2)19-14(23)20-12(11)9-6-4-5-7-10(9)15(16,17)18/h4-7,12H,3H2,1-2H3,(H2,19,20,23)/t12-/m0/s1. The summed E-state index contributed by atoms with van der Waals surface area (Å²) in [4.78, 5) is 12.2. The van der Waals surface area contributed by atoms with E-state index in [0.29, 0.717) is 5.70 Å². The second-order valence-corrected chi connectivity index (χ2v) is 5.28. The maximum Gasteiger partial charge on any atom is 0.416 e. The van der Waals surface area contributed by atoms with Crippen molar-refractivity contribution in [3.63, 3.8) is 0 Å². The molecule has 1 aliphatic heterocycles. The summed E-state index contributed by atoms with van der Waals surface area (Å²) in [5.41, 5.74) is -0.450. The van der Waals surface area contributed by atoms with Crippen LogP contribution in [0.5, 0.6) is 0 Å². The predicted molar refractivity (Wildman–Crippen MR) is 82.4 cm³/mol. The van der Waals surface area contributed by atoms with Crippen LogP contribution >= 0.6 is 12.2 Å². The van der Waals surface area contributed by atoms with E-state index in [0.717, 1.165) is 6.07 Å². The van der Waals surface area contributed by atoms with Crippen molar-refractivity contribution in [3.05, 3.63) is 46.7 Å². The van der Waals surface area contributed by atoms with Crippen molar-refractivity contribution in [2.45, 2.75) is 26.1 Å². The molecule has 124 valence electrons. The first kappa shape index (κ1) is 17.3. The lowest BCUT2D eigenvalue weighted by atomic mass is 9.92. The van der Waals surface area contributed by atoms with Crippen LogP contribution in [-0.4, -0.2) is 17.7 Å². The number of carbonyl (C=O) groups is 1. The maximum absolute atomic E-state index is 13.3. The number of carbonyl (C=O) groups excluding carboxylic acids is 1. The van der Waals surface area contributed by atoms with Crippen molar-refractivity contribution in [3.8, 4) is 0 Å². The first-order valence-corrected chi connectivity index (χ1v) is 7.28. The Hall–Kier alpha value is -2.09. The number of benzene rings is 1. The average molecular weight is 344 g/mol. The summed E-state index contributed by atoms with van der Waals surface area (Å²) in [6.07, 6.45) is -4.54. The highest BCUT2D eigenvalue weighted by molar-refractivity contribution is 7.80. The lowest BCUT2D eigenvalue weighted by Crippen LogP contribution is -2.45. The number of rotatable bonds is 3. The Bertz CT molecular complexity index is 671. The molecule has 0 saturated heterocycles. The third kappa shape index (κ3) is 3.64. The van der Waals surface area contributed by atoms with Crippen LogP contribution in [-0.2, 0) is 15.7 Å². The molecule has 1 aromatic carbocycles. The number of hydrogen-bond donors (Lipinski definition) is 2. The molecular formula is C15H15F3N2O2S. The maximum atomic E-state index is 13.3. The number of thiocarbonyl (C=S) groups is 1. The molecule has 4 nitrogen and oxygen atoms in total. The molecule has 0 radical (unpaired) electrons. The van der Waals surface area contributed by atoms with Gasteiger partial charge < -0.3 is 15.4 Å². The molecule has 1 aliphatic rings. The van der Waals surface area contributed by atoms with E-state index in [2.05, 4.69) is 10.6 Å². The topological polar surface area (TPSA) is 50.4 Å². The first-order chi connectivity index (χ1) is 10.8. The fourth-order valence-corrected chi connectivity index (χ4v) is 2.68. The Balaban J connectivity index is 2.58. The Morgan fingerprint density at radius 3 is 2.61 bits per heavy atom. The third-order valence-electron chi connectivity index (χ3n) is 3.34. The Morgan fingerprint density at radius 2 is 2.00 bits per heavy atom. The van der Waals surface area contributed by atoms with E-state index in [1.165, 1.54) is 18.2 Å². The van der Waals surface area contributed by atoms with Gasteiger partial charge in [0.1, 0.15) is 0 Å². The molecule has 0 fully saturated rings. The molecule has 2 N–H and O–H groups in total. The van der Waals surface area contributed by atoms with E-state index in [4.69, 9.17) is 17.0 Å². The number of allylic oxidation sites excluding steroid dienone is 1. The number of hydrogen-bond acceptors (Lipinski definition) is 3. The fraction of sp³-hybridized carbons (Fsp3) is 0.333. The van der Waals surface area contributed by atoms with E-state index in [-0.39, 0.29) is 22.9 Å². The van der Waals surface area contributed by atoms with Gasteiger partial charge in [-0.25, -0.2) is 4.79 Å². The SMILES string of the molecule is CCOC(=O)C1=C(C)NC(=S)N[C@H]1c1ccccc1C(F)(F)F. The zero-order valence-electron chi connectivity index (χ0n) is 12.5. The van der Waals surface area contributed by atoms with Gasteiger partial charge in [0, 0.05) is 5.70 Å². The van der Waals surface area contributed by atoms with Crippen molar-refractivity contribution < 1.29 is 22.7 Å². The molecule has 2 rings (SSSR count). The molecular weight excluding hydrogens is 329 g/mol. The first-order valence-electron chi connectivity index (χ1n) is 6.87. The second-order valence-electron chi connectivity index (χ2n) is 4.88. The highest BCUT2D eigenvalue weighted by Gasteiger charge is 2.39. The number of ether oxygens (including phenoxy) is 1. The zero-order chi connectivity index (χ0) is 17.2. The van der Waals surface area contributed by atoms with Gasteiger partial charge in [0.05, 0.1) is 23.8 Å². The molecule has 8 heteroatoms. The van der Waals surface area contributed by atoms with Crippen molar-refractivity contribution in [2.75, 3.05) is 6.61 Å². The molecule has 0 bridgehead atoms. The van der Waals surface area contributed by atoms with E-state index in [1.54, 1.807) is 13.8 Å². The normalized spacial score (nSPS) is 18.3. The molecule has 23 heavy (non-hydrogen) atoms. The van der Waals surface area contributed by atoms with Gasteiger partial charge in [0.2, 0.25) is 0 Å². The molecule has 1 aromatic rings. The molecule has 0 aromatic heterocycles. The van der Waals surface area contributed by atoms with Crippen molar-refractivity contribution in [2.24, 2.45) is 0 Å². The lowest BCUT2D eigenvalue weighted by Gasteiger charge is -2.31. The Morgan fingerprint density at radius 1 is 1.35 bits per heavy atom. The summed E-state index contributed by atoms with van der Waals surface area (Å²) in [5, 5.41) is 5.62. The summed E-state index contributed by atoms with van der Waals surface area (Å²) >= 11 is 5.01. The predicted octanol–water partition coefficient (Wildman–Crippen LogP) is 3.06. The molecule has 0 unspecified atom stereocenters. The molecule has 1 heterocycles. The third-order valence-corrected chi connectivity index (χ3v) is 3.56. The minimum Gasteiger partial charge on any atom is -0.463 e. The molecule has 0 amide bonds. The highest BCUT2D eigenvalue weighted by atomic mass is 32.1. The van der Waals surface area contributed by atoms with Gasteiger partial charge in [0.25, 0.3) is 0 Å². The molecule has 0 spiro atoms. The van der Waals surface area contributed by atoms with Crippen LogP contribution in [0.2, 0.25) is 0 Å². The van der Waals surface area contributed by atoms with E-state index in [9.17, 15) is 18.0 Å². The second kappa shape index (κ2) is 6.57. The molecule has 0 saturated carbocycles. The van der Waals surface area contributed by atoms with Crippen molar-refractivity contribution in [1.29, 1.82) is 0 Å². The lowest BCUT2D eigenvalue weighted by molar-refractivity contribution is -0.141. The van der Waals surface area contributed by atoms with E-state index in [1.807, 2.05) is 0 Å². The van der Waals surface area contributed by atoms with Gasteiger partial charge in [-0.1, -0.05) is 18.2 Å². The summed E-state index contributed by atoms with van der Waals surface area (Å²) in [7, 11) is 0. The molecule has 1 atom stereocenters. The average Bonchev–Trinajstić information content (AvgIpc) is 2.45. The number of halogens is 3. The monoisotopic (exact) mass is 344 g/mol. The zero-order valence-corrected chi connectivity index (χ0v) is 13.3. The van der Waals surface area contributed by atoms with Crippen LogP contribution in [0.15, 0.2) is 35.5 Å². The number of alkyl halides is 3. The summed E-state index contributed by atoms with van der Waals surface area (Å²) in [5.74, 6) is -0.686. The van der Waals surface area contributed by atoms with Gasteiger partial charge in [-0.05, 0) is 37.7 Å². The smallest absolute Gasteiger partial charge is 0.416 e. The van der Waals surface area contributed by atoms with Crippen LogP contribution in [0.25, 0.3) is 0 Å². The largest absolute Gasteiger partial charge is 0.463 e. The van der Waals surface area contributed by atoms with Crippen LogP contribution < -0.4 is 10.6 Å². The summed E-state index contributed by atoms with van der Waals surface area (Å²) < 4.78 is 44.8. The van der Waals surface area contributed by atoms with E-state index < -0.39 is 23.8 Å². The van der Waals surface area contributed by atoms with Crippen LogP contribution in [0.1, 0.15) is 31.0 Å². The van der Waals surface area contributed by atoms with Gasteiger partial charge in [0.15, 0.2) is 5.11 Å². The fourth-order valence-electron chi connectivity index (χ4n) is 2.41. The summed E-state index contributed by atoms with van der Waals surface area (Å²) in [6.45, 7) is 3.32. The van der Waals surface area contributed by atoms with Gasteiger partial charge in [-0.15, -0.1) is 0 Å². The minimum atomic E-state index is -4.54. The highest BCUT2D eigenvalue weighted by Crippen LogP contribution is 2.38. The summed E-state index contributed by atoms with van der Waals surface area (Å²) in [6, 6.07) is 4.05. The van der Waals surface area contributed by atoms with Crippen LogP contribution in [0.3, 0.4) is 0 Å². The van der Waals surface area contributed by atoms with Crippen LogP contribution in [0.4, 0.5) is 13.2 Å². The van der Waals surface area contributed by atoms with E-state index >= 15 is 0 Å². The number of esters is 1. The number of nitrogens with one attached hydrogen (secondary N) is 2. The molecule has 0 aliphatic carbocycles. The Labute approximate surface area is 136 Å². The quantitative estimate of drug-likeness (QED) is 0.652. The minimum absolute atomic E-state index is 0.0775. The van der Waals surface area contributed by atoms with Gasteiger partial charge in [-0.2, -0.15) is 13.2 Å². The van der Waals surface area contributed by atoms with Crippen molar-refractivity contribution in [1.82, 2.24) is 10.6 Å². The van der Waals surface area contributed by atoms with Gasteiger partial charge in [-0.3, -0.25) is 0 Å². The Kier molecular flexibility index (Phi) is 4.93.